The Morgan fingerprint density at radius 1 is 1.42 bits per heavy atom. The standard InChI is InChI=1S/C13H17BrN2O2.ClH/c1-9-6-15-2-3-16(9)7-10-4-11(14)13-12(5-10)17-8-18-13;/h4-5,9,15H,2-3,6-8H2,1H3;1H/t9-;/m0./s1. The van der Waals surface area contributed by atoms with E-state index in [2.05, 4.69) is 45.2 Å². The summed E-state index contributed by atoms with van der Waals surface area (Å²) in [5.74, 6) is 1.68. The maximum Gasteiger partial charge on any atom is 0.231 e. The maximum absolute atomic E-state index is 5.45. The zero-order chi connectivity index (χ0) is 12.5. The van der Waals surface area contributed by atoms with Crippen LogP contribution in [0.2, 0.25) is 0 Å². The summed E-state index contributed by atoms with van der Waals surface area (Å²) in [5.41, 5.74) is 1.26. The van der Waals surface area contributed by atoms with Crippen LogP contribution in [-0.2, 0) is 6.54 Å². The molecule has 0 saturated carbocycles. The van der Waals surface area contributed by atoms with E-state index >= 15 is 0 Å². The summed E-state index contributed by atoms with van der Waals surface area (Å²) >= 11 is 3.54. The zero-order valence-electron chi connectivity index (χ0n) is 10.8. The minimum Gasteiger partial charge on any atom is -0.454 e. The lowest BCUT2D eigenvalue weighted by Crippen LogP contribution is -2.49. The Balaban J connectivity index is 0.00000133. The number of hydrogen-bond acceptors (Lipinski definition) is 4. The lowest BCUT2D eigenvalue weighted by molar-refractivity contribution is 0.165. The Morgan fingerprint density at radius 3 is 3.05 bits per heavy atom. The number of hydrogen-bond donors (Lipinski definition) is 1. The Labute approximate surface area is 128 Å². The molecule has 1 saturated heterocycles. The summed E-state index contributed by atoms with van der Waals surface area (Å²) in [7, 11) is 0. The normalized spacial score (nSPS) is 22.1. The van der Waals surface area contributed by atoms with Gasteiger partial charge in [0.25, 0.3) is 0 Å². The van der Waals surface area contributed by atoms with Gasteiger partial charge in [0, 0.05) is 32.2 Å². The van der Waals surface area contributed by atoms with Crippen molar-refractivity contribution in [3.05, 3.63) is 22.2 Å². The molecule has 1 atom stereocenters. The summed E-state index contributed by atoms with van der Waals surface area (Å²) in [6.07, 6.45) is 0. The molecule has 1 fully saturated rings. The van der Waals surface area contributed by atoms with Crippen molar-refractivity contribution in [3.63, 3.8) is 0 Å². The molecule has 0 aromatic heterocycles. The first-order valence-electron chi connectivity index (χ1n) is 6.27. The van der Waals surface area contributed by atoms with E-state index in [1.807, 2.05) is 0 Å². The van der Waals surface area contributed by atoms with E-state index in [0.717, 1.165) is 42.2 Å². The monoisotopic (exact) mass is 348 g/mol. The molecule has 6 heteroatoms. The molecule has 0 unspecified atom stereocenters. The van der Waals surface area contributed by atoms with E-state index in [-0.39, 0.29) is 12.4 Å². The predicted octanol–water partition coefficient (Wildman–Crippen LogP) is 2.39. The van der Waals surface area contributed by atoms with Gasteiger partial charge in [0.1, 0.15) is 0 Å². The van der Waals surface area contributed by atoms with Gasteiger partial charge in [0.05, 0.1) is 4.47 Å². The zero-order valence-corrected chi connectivity index (χ0v) is 13.2. The van der Waals surface area contributed by atoms with Gasteiger partial charge in [-0.1, -0.05) is 0 Å². The Bertz CT molecular complexity index is 459. The Hall–Kier alpha value is -0.490. The number of ether oxygens (including phenoxy) is 2. The van der Waals surface area contributed by atoms with Crippen LogP contribution in [0.4, 0.5) is 0 Å². The first-order chi connectivity index (χ1) is 8.74. The van der Waals surface area contributed by atoms with Crippen LogP contribution < -0.4 is 14.8 Å². The van der Waals surface area contributed by atoms with Crippen molar-refractivity contribution in [3.8, 4) is 11.5 Å². The van der Waals surface area contributed by atoms with Gasteiger partial charge in [-0.05, 0) is 40.5 Å². The van der Waals surface area contributed by atoms with Crippen LogP contribution in [0, 0.1) is 0 Å². The fourth-order valence-electron chi connectivity index (χ4n) is 2.46. The van der Waals surface area contributed by atoms with Crippen molar-refractivity contribution in [1.29, 1.82) is 0 Å². The molecule has 106 valence electrons. The van der Waals surface area contributed by atoms with Gasteiger partial charge in [-0.15, -0.1) is 12.4 Å². The Kier molecular flexibility index (Phi) is 4.95. The van der Waals surface area contributed by atoms with Crippen molar-refractivity contribution in [1.82, 2.24) is 10.2 Å². The Morgan fingerprint density at radius 2 is 2.26 bits per heavy atom. The third-order valence-corrected chi connectivity index (χ3v) is 4.10. The molecule has 1 N–H and O–H groups in total. The van der Waals surface area contributed by atoms with Gasteiger partial charge in [0.2, 0.25) is 6.79 Å². The van der Waals surface area contributed by atoms with Crippen LogP contribution >= 0.6 is 28.3 Å². The minimum atomic E-state index is 0. The summed E-state index contributed by atoms with van der Waals surface area (Å²) < 4.78 is 11.8. The van der Waals surface area contributed by atoms with Crippen molar-refractivity contribution in [2.45, 2.75) is 19.5 Å². The topological polar surface area (TPSA) is 33.7 Å². The van der Waals surface area contributed by atoms with Gasteiger partial charge in [0.15, 0.2) is 11.5 Å². The first-order valence-corrected chi connectivity index (χ1v) is 7.06. The van der Waals surface area contributed by atoms with E-state index in [1.165, 1.54) is 5.56 Å². The van der Waals surface area contributed by atoms with Gasteiger partial charge in [-0.25, -0.2) is 0 Å². The molecule has 0 spiro atoms. The van der Waals surface area contributed by atoms with Gasteiger partial charge in [-0.2, -0.15) is 0 Å². The molecule has 0 aliphatic carbocycles. The van der Waals surface area contributed by atoms with E-state index < -0.39 is 0 Å². The average molecular weight is 350 g/mol. The molecule has 0 radical (unpaired) electrons. The smallest absolute Gasteiger partial charge is 0.231 e. The van der Waals surface area contributed by atoms with Crippen LogP contribution in [0.1, 0.15) is 12.5 Å². The van der Waals surface area contributed by atoms with Crippen LogP contribution in [0.15, 0.2) is 16.6 Å². The lowest BCUT2D eigenvalue weighted by atomic mass is 10.1. The summed E-state index contributed by atoms with van der Waals surface area (Å²) in [5, 5.41) is 3.41. The van der Waals surface area contributed by atoms with Crippen molar-refractivity contribution in [2.24, 2.45) is 0 Å². The van der Waals surface area contributed by atoms with Crippen LogP contribution in [0.25, 0.3) is 0 Å². The molecule has 2 aliphatic rings. The summed E-state index contributed by atoms with van der Waals surface area (Å²) in [4.78, 5) is 2.49. The maximum atomic E-state index is 5.45. The van der Waals surface area contributed by atoms with Gasteiger partial charge in [-0.3, -0.25) is 4.90 Å². The predicted molar refractivity (Wildman–Crippen MR) is 80.3 cm³/mol. The third-order valence-electron chi connectivity index (χ3n) is 3.51. The van der Waals surface area contributed by atoms with E-state index in [9.17, 15) is 0 Å². The second kappa shape index (κ2) is 6.31. The van der Waals surface area contributed by atoms with Crippen LogP contribution in [0.3, 0.4) is 0 Å². The molecular weight excluding hydrogens is 332 g/mol. The molecule has 1 aromatic rings. The SMILES string of the molecule is C[C@H]1CNCCN1Cc1cc(Br)c2c(c1)OCO2.Cl. The molecule has 4 nitrogen and oxygen atoms in total. The second-order valence-electron chi connectivity index (χ2n) is 4.84. The molecule has 19 heavy (non-hydrogen) atoms. The van der Waals surface area contributed by atoms with E-state index in [0.29, 0.717) is 12.8 Å². The number of fused-ring (bicyclic) bond motifs is 1. The fourth-order valence-corrected chi connectivity index (χ4v) is 3.07. The molecular formula is C13H18BrClN2O2. The highest BCUT2D eigenvalue weighted by atomic mass is 79.9. The van der Waals surface area contributed by atoms with Gasteiger partial charge >= 0.3 is 0 Å². The molecule has 3 rings (SSSR count). The third kappa shape index (κ3) is 3.16. The summed E-state index contributed by atoms with van der Waals surface area (Å²) in [6.45, 7) is 6.75. The quantitative estimate of drug-likeness (QED) is 0.889. The number of piperazine rings is 1. The minimum absolute atomic E-state index is 0. The lowest BCUT2D eigenvalue weighted by Gasteiger charge is -2.33. The molecule has 0 amide bonds. The number of benzene rings is 1. The van der Waals surface area contributed by atoms with Crippen molar-refractivity contribution >= 4 is 28.3 Å². The van der Waals surface area contributed by atoms with Crippen LogP contribution in [-0.4, -0.2) is 37.4 Å². The highest BCUT2D eigenvalue weighted by Crippen LogP contribution is 2.40. The highest BCUT2D eigenvalue weighted by molar-refractivity contribution is 9.10. The number of nitrogens with one attached hydrogen (secondary N) is 1. The van der Waals surface area contributed by atoms with E-state index in [4.69, 9.17) is 9.47 Å². The van der Waals surface area contributed by atoms with Crippen LogP contribution in [0.5, 0.6) is 11.5 Å². The summed E-state index contributed by atoms with van der Waals surface area (Å²) in [6, 6.07) is 4.78. The van der Waals surface area contributed by atoms with Gasteiger partial charge < -0.3 is 14.8 Å². The van der Waals surface area contributed by atoms with Crippen molar-refractivity contribution in [2.75, 3.05) is 26.4 Å². The highest BCUT2D eigenvalue weighted by Gasteiger charge is 2.21. The number of nitrogens with zero attached hydrogens (tertiary/aromatic N) is 1. The first kappa shape index (κ1) is 14.9. The largest absolute Gasteiger partial charge is 0.454 e. The molecule has 0 bridgehead atoms. The number of halogens is 2. The van der Waals surface area contributed by atoms with Crippen molar-refractivity contribution < 1.29 is 9.47 Å². The number of rotatable bonds is 2. The molecule has 2 heterocycles. The molecule has 2 aliphatic heterocycles. The average Bonchev–Trinajstić information content (AvgIpc) is 2.81. The molecule has 1 aromatic carbocycles. The van der Waals surface area contributed by atoms with E-state index in [1.54, 1.807) is 0 Å². The second-order valence-corrected chi connectivity index (χ2v) is 5.69. The fraction of sp³-hybridized carbons (Fsp3) is 0.538.